The molecule has 0 aromatic rings. The lowest BCUT2D eigenvalue weighted by molar-refractivity contribution is -0.139. The maximum absolute atomic E-state index is 11.2. The smallest absolute Gasteiger partial charge is 0.462 e. The molecule has 23 heavy (non-hydrogen) atoms. The summed E-state index contributed by atoms with van der Waals surface area (Å²) in [6, 6.07) is 0.743. The van der Waals surface area contributed by atoms with Gasteiger partial charge in [0.1, 0.15) is 0 Å². The molecule has 0 aromatic heterocycles. The SMILES string of the molecule is C=C(C)C(=O)OCCCOCCC[Si](OCC)(OCC)OCC. The van der Waals surface area contributed by atoms with Crippen molar-refractivity contribution in [3.05, 3.63) is 12.2 Å². The van der Waals surface area contributed by atoms with Crippen LogP contribution in [0.15, 0.2) is 12.2 Å². The van der Waals surface area contributed by atoms with Crippen LogP contribution in [0.5, 0.6) is 0 Å². The predicted octanol–water partition coefficient (Wildman–Crippen LogP) is 2.95. The molecule has 7 heteroatoms. The van der Waals surface area contributed by atoms with Gasteiger partial charge in [-0.15, -0.1) is 0 Å². The summed E-state index contributed by atoms with van der Waals surface area (Å²) in [7, 11) is -2.56. The van der Waals surface area contributed by atoms with Crippen LogP contribution in [0.1, 0.15) is 40.5 Å². The number of carbonyl (C=O) groups excluding carboxylic acids is 1. The molecule has 0 aliphatic carbocycles. The van der Waals surface area contributed by atoms with Crippen molar-refractivity contribution in [1.82, 2.24) is 0 Å². The van der Waals surface area contributed by atoms with Gasteiger partial charge in [-0.1, -0.05) is 6.58 Å². The van der Waals surface area contributed by atoms with Crippen LogP contribution in [-0.4, -0.2) is 54.4 Å². The Morgan fingerprint density at radius 2 is 1.43 bits per heavy atom. The number of hydrogen-bond donors (Lipinski definition) is 0. The molecule has 0 radical (unpaired) electrons. The zero-order valence-corrected chi connectivity index (χ0v) is 16.0. The minimum Gasteiger partial charge on any atom is -0.462 e. The maximum Gasteiger partial charge on any atom is 0.501 e. The van der Waals surface area contributed by atoms with Crippen molar-refractivity contribution in [2.24, 2.45) is 0 Å². The fourth-order valence-corrected chi connectivity index (χ4v) is 4.52. The monoisotopic (exact) mass is 348 g/mol. The normalized spacial score (nSPS) is 11.5. The van der Waals surface area contributed by atoms with Gasteiger partial charge in [-0.3, -0.25) is 0 Å². The van der Waals surface area contributed by atoms with Crippen LogP contribution in [0.2, 0.25) is 6.04 Å². The topological polar surface area (TPSA) is 63.2 Å². The Labute approximate surface area is 141 Å². The van der Waals surface area contributed by atoms with Gasteiger partial charge in [0.05, 0.1) is 6.61 Å². The van der Waals surface area contributed by atoms with E-state index in [0.29, 0.717) is 51.6 Å². The Balaban J connectivity index is 3.85. The van der Waals surface area contributed by atoms with Gasteiger partial charge in [0.25, 0.3) is 0 Å². The van der Waals surface area contributed by atoms with Gasteiger partial charge in [0, 0.05) is 51.1 Å². The van der Waals surface area contributed by atoms with E-state index in [1.165, 1.54) is 0 Å². The van der Waals surface area contributed by atoms with E-state index in [4.69, 9.17) is 22.8 Å². The van der Waals surface area contributed by atoms with Gasteiger partial charge in [-0.2, -0.15) is 0 Å². The minimum atomic E-state index is -2.56. The summed E-state index contributed by atoms with van der Waals surface area (Å²) in [5.41, 5.74) is 0.412. The molecule has 0 spiro atoms. The molecular weight excluding hydrogens is 316 g/mol. The zero-order valence-electron chi connectivity index (χ0n) is 15.0. The standard InChI is InChI=1S/C16H32O6Si/c1-6-20-23(21-7-2,22-8-3)14-10-12-18-11-9-13-19-16(17)15(4)5/h4,6-14H2,1-3,5H3. The molecule has 0 aliphatic heterocycles. The Kier molecular flexibility index (Phi) is 13.2. The van der Waals surface area contributed by atoms with Crippen molar-refractivity contribution in [3.8, 4) is 0 Å². The van der Waals surface area contributed by atoms with E-state index in [9.17, 15) is 4.79 Å². The summed E-state index contributed by atoms with van der Waals surface area (Å²) in [6.07, 6.45) is 1.49. The van der Waals surface area contributed by atoms with E-state index in [1.54, 1.807) is 6.92 Å². The van der Waals surface area contributed by atoms with Crippen LogP contribution in [0.3, 0.4) is 0 Å². The fraction of sp³-hybridized carbons (Fsp3) is 0.812. The van der Waals surface area contributed by atoms with Crippen LogP contribution < -0.4 is 0 Å². The lowest BCUT2D eigenvalue weighted by Crippen LogP contribution is -2.46. The highest BCUT2D eigenvalue weighted by atomic mass is 28.4. The van der Waals surface area contributed by atoms with Crippen LogP contribution in [-0.2, 0) is 27.5 Å². The molecule has 0 fully saturated rings. The number of rotatable bonds is 15. The van der Waals surface area contributed by atoms with Crippen molar-refractivity contribution in [2.45, 2.75) is 46.6 Å². The first-order valence-corrected chi connectivity index (χ1v) is 10.3. The quantitative estimate of drug-likeness (QED) is 0.196. The highest BCUT2D eigenvalue weighted by Gasteiger charge is 2.39. The Morgan fingerprint density at radius 3 is 1.91 bits per heavy atom. The second kappa shape index (κ2) is 13.7. The molecule has 6 nitrogen and oxygen atoms in total. The number of hydrogen-bond acceptors (Lipinski definition) is 6. The fourth-order valence-electron chi connectivity index (χ4n) is 1.94. The van der Waals surface area contributed by atoms with Gasteiger partial charge >= 0.3 is 14.8 Å². The van der Waals surface area contributed by atoms with E-state index in [2.05, 4.69) is 6.58 Å². The van der Waals surface area contributed by atoms with Crippen LogP contribution >= 0.6 is 0 Å². The van der Waals surface area contributed by atoms with Gasteiger partial charge in [-0.25, -0.2) is 4.79 Å². The molecular formula is C16H32O6Si. The van der Waals surface area contributed by atoms with Crippen LogP contribution in [0, 0.1) is 0 Å². The van der Waals surface area contributed by atoms with Crippen LogP contribution in [0.25, 0.3) is 0 Å². The molecule has 0 amide bonds. The lowest BCUT2D eigenvalue weighted by Gasteiger charge is -2.28. The van der Waals surface area contributed by atoms with Crippen molar-refractivity contribution in [3.63, 3.8) is 0 Å². The number of esters is 1. The van der Waals surface area contributed by atoms with Crippen molar-refractivity contribution in [1.29, 1.82) is 0 Å². The summed E-state index contributed by atoms with van der Waals surface area (Å²) in [4.78, 5) is 11.2. The van der Waals surface area contributed by atoms with E-state index >= 15 is 0 Å². The van der Waals surface area contributed by atoms with Crippen LogP contribution in [0.4, 0.5) is 0 Å². The summed E-state index contributed by atoms with van der Waals surface area (Å²) < 4.78 is 27.9. The Hall–Kier alpha value is -0.733. The Bertz CT molecular complexity index is 318. The largest absolute Gasteiger partial charge is 0.501 e. The third-order valence-electron chi connectivity index (χ3n) is 2.88. The molecule has 0 heterocycles. The molecule has 136 valence electrons. The second-order valence-electron chi connectivity index (χ2n) is 4.97. The van der Waals surface area contributed by atoms with Crippen molar-refractivity contribution >= 4 is 14.8 Å². The average molecular weight is 349 g/mol. The molecule has 0 aliphatic rings. The average Bonchev–Trinajstić information content (AvgIpc) is 2.50. The molecule has 0 N–H and O–H groups in total. The van der Waals surface area contributed by atoms with Gasteiger partial charge < -0.3 is 22.8 Å². The molecule has 0 atom stereocenters. The summed E-state index contributed by atoms with van der Waals surface area (Å²) in [5.74, 6) is -0.356. The van der Waals surface area contributed by atoms with Gasteiger partial charge in [0.2, 0.25) is 0 Å². The highest BCUT2D eigenvalue weighted by Crippen LogP contribution is 2.18. The number of ether oxygens (including phenoxy) is 2. The first-order chi connectivity index (χ1) is 11.0. The summed E-state index contributed by atoms with van der Waals surface area (Å²) in [5, 5.41) is 0. The molecule has 0 saturated carbocycles. The van der Waals surface area contributed by atoms with E-state index in [-0.39, 0.29) is 5.97 Å². The third kappa shape index (κ3) is 10.6. The summed E-state index contributed by atoms with van der Waals surface area (Å²) in [6.45, 7) is 14.3. The first-order valence-electron chi connectivity index (χ1n) is 8.33. The lowest BCUT2D eigenvalue weighted by atomic mass is 10.4. The first kappa shape index (κ1) is 22.3. The van der Waals surface area contributed by atoms with E-state index in [0.717, 1.165) is 12.5 Å². The zero-order chi connectivity index (χ0) is 17.6. The minimum absolute atomic E-state index is 0.348. The Morgan fingerprint density at radius 1 is 0.913 bits per heavy atom. The van der Waals surface area contributed by atoms with E-state index < -0.39 is 8.80 Å². The molecule has 0 bridgehead atoms. The second-order valence-corrected chi connectivity index (χ2v) is 7.70. The molecule has 0 saturated heterocycles. The highest BCUT2D eigenvalue weighted by molar-refractivity contribution is 6.60. The van der Waals surface area contributed by atoms with Crippen molar-refractivity contribution < 1.29 is 27.5 Å². The molecule has 0 rings (SSSR count). The molecule has 0 unspecified atom stereocenters. The maximum atomic E-state index is 11.2. The van der Waals surface area contributed by atoms with Crippen molar-refractivity contribution in [2.75, 3.05) is 39.6 Å². The third-order valence-corrected chi connectivity index (χ3v) is 6.03. The summed E-state index contributed by atoms with van der Waals surface area (Å²) >= 11 is 0. The van der Waals surface area contributed by atoms with Gasteiger partial charge in [0.15, 0.2) is 0 Å². The number of carbonyl (C=O) groups is 1. The van der Waals surface area contributed by atoms with Gasteiger partial charge in [-0.05, 0) is 34.1 Å². The molecule has 0 aromatic carbocycles. The predicted molar refractivity (Wildman–Crippen MR) is 91.3 cm³/mol. The van der Waals surface area contributed by atoms with E-state index in [1.807, 2.05) is 20.8 Å².